The van der Waals surface area contributed by atoms with E-state index in [-0.39, 0.29) is 42.7 Å². The molecule has 0 aliphatic heterocycles. The van der Waals surface area contributed by atoms with Gasteiger partial charge < -0.3 is 27.5 Å². The van der Waals surface area contributed by atoms with Gasteiger partial charge in [0.2, 0.25) is 0 Å². The molecule has 0 spiro atoms. The first-order valence-corrected chi connectivity index (χ1v) is 3.45. The maximum absolute atomic E-state index is 12.1. The molecule has 0 aromatic carbocycles. The highest BCUT2D eigenvalue weighted by atomic mass is 35.5. The van der Waals surface area contributed by atoms with Crippen molar-refractivity contribution >= 4 is 18.4 Å². The normalized spacial score (nSPS) is 12.9. The van der Waals surface area contributed by atoms with Crippen LogP contribution in [0.3, 0.4) is 0 Å². The first-order chi connectivity index (χ1) is 5.45. The molecule has 0 bridgehead atoms. The van der Waals surface area contributed by atoms with Crippen molar-refractivity contribution in [2.45, 2.75) is 24.8 Å². The minimum absolute atomic E-state index is 0. The second-order valence-electron chi connectivity index (χ2n) is 2.54. The molecule has 0 aromatic heterocycles. The molecule has 0 rings (SSSR count). The van der Waals surface area contributed by atoms with Gasteiger partial charge in [-0.25, -0.2) is 13.6 Å². The summed E-state index contributed by atoms with van der Waals surface area (Å²) in [6.45, 7) is 0.152. The number of nitrogens with two attached hydrogens (primary N) is 2. The maximum atomic E-state index is 12.1. The fourth-order valence-electron chi connectivity index (χ4n) is 0.704. The quantitative estimate of drug-likeness (QED) is 0.549. The Balaban J connectivity index is -0.000000202. The van der Waals surface area contributed by atoms with Crippen LogP contribution >= 0.6 is 12.4 Å². The van der Waals surface area contributed by atoms with Crippen molar-refractivity contribution in [2.75, 3.05) is 6.54 Å². The van der Waals surface area contributed by atoms with Crippen LogP contribution in [0.2, 0.25) is 0 Å². The zero-order valence-corrected chi connectivity index (χ0v) is 8.69. The van der Waals surface area contributed by atoms with Gasteiger partial charge in [-0.1, -0.05) is 0 Å². The summed E-state index contributed by atoms with van der Waals surface area (Å²) < 4.78 is 24.2. The Morgan fingerprint density at radius 3 is 2.00 bits per heavy atom. The van der Waals surface area contributed by atoms with Gasteiger partial charge in [-0.3, -0.25) is 0 Å². The lowest BCUT2D eigenvalue weighted by atomic mass is 9.95. The summed E-state index contributed by atoms with van der Waals surface area (Å²) in [6.07, 6.45) is -3.20. The Morgan fingerprint density at radius 2 is 1.80 bits per heavy atom. The first-order valence-electron chi connectivity index (χ1n) is 3.45. The van der Waals surface area contributed by atoms with Crippen LogP contribution in [0.1, 0.15) is 12.8 Å². The maximum Gasteiger partial charge on any atom is 0.329 e. The van der Waals surface area contributed by atoms with E-state index in [1.807, 2.05) is 0 Å². The van der Waals surface area contributed by atoms with Gasteiger partial charge in [0.15, 0.2) is 5.54 Å². The van der Waals surface area contributed by atoms with Crippen molar-refractivity contribution in [2.24, 2.45) is 11.5 Å². The number of alkyl halides is 2. The molecule has 15 heavy (non-hydrogen) atoms. The molecular formula is C6H17ClF2N2O4. The predicted octanol–water partition coefficient (Wildman–Crippen LogP) is -1.46. The van der Waals surface area contributed by atoms with E-state index in [1.165, 1.54) is 0 Å². The molecule has 0 saturated heterocycles. The standard InChI is InChI=1S/C6H12F2N2O2.ClH.2H2O/c7-4(8)6(10,5(11)12)2-1-3-9;;;/h4H,1-3,9-10H2,(H,11,12);1H;2*1H2. The van der Waals surface area contributed by atoms with Crippen LogP contribution in [-0.2, 0) is 4.79 Å². The molecule has 9 heteroatoms. The van der Waals surface area contributed by atoms with E-state index in [9.17, 15) is 13.6 Å². The van der Waals surface area contributed by atoms with Crippen molar-refractivity contribution in [1.29, 1.82) is 0 Å². The monoisotopic (exact) mass is 254 g/mol. The highest BCUT2D eigenvalue weighted by molar-refractivity contribution is 5.85. The fraction of sp³-hybridized carbons (Fsp3) is 0.833. The van der Waals surface area contributed by atoms with E-state index in [0.717, 1.165) is 0 Å². The highest BCUT2D eigenvalue weighted by Crippen LogP contribution is 2.18. The van der Waals surface area contributed by atoms with Gasteiger partial charge in [0.25, 0.3) is 6.43 Å². The number of halogens is 3. The summed E-state index contributed by atoms with van der Waals surface area (Å²) >= 11 is 0. The second kappa shape index (κ2) is 9.99. The predicted molar refractivity (Wildman–Crippen MR) is 53.3 cm³/mol. The van der Waals surface area contributed by atoms with Crippen LogP contribution in [0.25, 0.3) is 0 Å². The number of carboxylic acid groups (broad SMARTS) is 1. The lowest BCUT2D eigenvalue weighted by Crippen LogP contribution is -2.54. The molecule has 0 aromatic rings. The number of hydrogen-bond donors (Lipinski definition) is 3. The Kier molecular flexibility index (Phi) is 16.0. The van der Waals surface area contributed by atoms with Crippen LogP contribution in [0.15, 0.2) is 0 Å². The average molecular weight is 255 g/mol. The van der Waals surface area contributed by atoms with Gasteiger partial charge in [0, 0.05) is 0 Å². The Hall–Kier alpha value is -0.540. The van der Waals surface area contributed by atoms with E-state index in [1.54, 1.807) is 0 Å². The SMILES string of the molecule is Cl.NCCCC(N)(C(=O)O)C(F)F.O.O. The molecule has 0 radical (unpaired) electrons. The smallest absolute Gasteiger partial charge is 0.329 e. The second-order valence-corrected chi connectivity index (χ2v) is 2.54. The van der Waals surface area contributed by atoms with Crippen LogP contribution in [0.5, 0.6) is 0 Å². The van der Waals surface area contributed by atoms with Crippen molar-refractivity contribution in [3.05, 3.63) is 0 Å². The summed E-state index contributed by atoms with van der Waals surface area (Å²) in [6, 6.07) is 0. The third kappa shape index (κ3) is 6.52. The van der Waals surface area contributed by atoms with Gasteiger partial charge in [-0.05, 0) is 19.4 Å². The molecule has 0 fully saturated rings. The Bertz CT molecular complexity index is 175. The fourth-order valence-corrected chi connectivity index (χ4v) is 0.704. The zero-order chi connectivity index (χ0) is 9.78. The molecule has 96 valence electrons. The van der Waals surface area contributed by atoms with Crippen molar-refractivity contribution in [1.82, 2.24) is 0 Å². The Labute approximate surface area is 91.6 Å². The van der Waals surface area contributed by atoms with E-state index in [2.05, 4.69) is 0 Å². The number of rotatable bonds is 5. The molecule has 0 amide bonds. The summed E-state index contributed by atoms with van der Waals surface area (Å²) in [4.78, 5) is 10.3. The molecular weight excluding hydrogens is 238 g/mol. The van der Waals surface area contributed by atoms with Crippen LogP contribution < -0.4 is 11.5 Å². The number of hydrogen-bond acceptors (Lipinski definition) is 3. The van der Waals surface area contributed by atoms with E-state index in [0.29, 0.717) is 0 Å². The molecule has 6 nitrogen and oxygen atoms in total. The van der Waals surface area contributed by atoms with Crippen molar-refractivity contribution in [3.63, 3.8) is 0 Å². The van der Waals surface area contributed by atoms with E-state index in [4.69, 9.17) is 16.6 Å². The molecule has 0 aliphatic rings. The molecule has 0 saturated carbocycles. The van der Waals surface area contributed by atoms with Gasteiger partial charge in [-0.2, -0.15) is 0 Å². The van der Waals surface area contributed by atoms with Crippen LogP contribution in [0, 0.1) is 0 Å². The van der Waals surface area contributed by atoms with Gasteiger partial charge in [0.05, 0.1) is 0 Å². The van der Waals surface area contributed by atoms with Crippen molar-refractivity contribution < 1.29 is 29.6 Å². The van der Waals surface area contributed by atoms with Gasteiger partial charge >= 0.3 is 5.97 Å². The first kappa shape index (κ1) is 23.9. The lowest BCUT2D eigenvalue weighted by molar-refractivity contribution is -0.150. The summed E-state index contributed by atoms with van der Waals surface area (Å²) in [5.41, 5.74) is 7.56. The topological polar surface area (TPSA) is 152 Å². The minimum Gasteiger partial charge on any atom is -0.480 e. The molecule has 9 N–H and O–H groups in total. The minimum atomic E-state index is -3.07. The molecule has 1 unspecified atom stereocenters. The third-order valence-electron chi connectivity index (χ3n) is 1.58. The van der Waals surface area contributed by atoms with Crippen LogP contribution in [-0.4, -0.2) is 40.5 Å². The highest BCUT2D eigenvalue weighted by Gasteiger charge is 2.42. The summed E-state index contributed by atoms with van der Waals surface area (Å²) in [5, 5.41) is 8.38. The Morgan fingerprint density at radius 1 is 1.40 bits per heavy atom. The molecule has 0 aliphatic carbocycles. The third-order valence-corrected chi connectivity index (χ3v) is 1.58. The van der Waals surface area contributed by atoms with Crippen molar-refractivity contribution in [3.8, 4) is 0 Å². The van der Waals surface area contributed by atoms with Gasteiger partial charge in [-0.15, -0.1) is 12.4 Å². The van der Waals surface area contributed by atoms with Gasteiger partial charge in [0.1, 0.15) is 0 Å². The molecule has 1 atom stereocenters. The average Bonchev–Trinajstić information content (AvgIpc) is 1.99. The lowest BCUT2D eigenvalue weighted by Gasteiger charge is -2.22. The number of aliphatic carboxylic acids is 1. The molecule has 0 heterocycles. The van der Waals surface area contributed by atoms with Crippen LogP contribution in [0.4, 0.5) is 8.78 Å². The summed E-state index contributed by atoms with van der Waals surface area (Å²) in [5.74, 6) is -1.69. The van der Waals surface area contributed by atoms with E-state index < -0.39 is 17.9 Å². The summed E-state index contributed by atoms with van der Waals surface area (Å²) in [7, 11) is 0. The zero-order valence-electron chi connectivity index (χ0n) is 7.87. The van der Waals surface area contributed by atoms with E-state index >= 15 is 0 Å². The largest absolute Gasteiger partial charge is 0.480 e. The number of carbonyl (C=O) groups is 1. The number of carboxylic acids is 1.